The molecule has 1 aliphatic rings. The first-order chi connectivity index (χ1) is 7.28. The van der Waals surface area contributed by atoms with Crippen molar-refractivity contribution in [3.63, 3.8) is 0 Å². The second-order valence-corrected chi connectivity index (χ2v) is 4.19. The molecule has 88 valence electrons. The van der Waals surface area contributed by atoms with Crippen LogP contribution in [0, 0.1) is 0 Å². The standard InChI is InChI=1S/C9H11F3N4/c1-8(2-3-8)16-6-4-5(13)14-7(15-6)9(10,11)12/h4H,2-3H2,1H3,(H3,13,14,15,16). The van der Waals surface area contributed by atoms with Crippen LogP contribution in [0.5, 0.6) is 0 Å². The maximum absolute atomic E-state index is 12.4. The van der Waals surface area contributed by atoms with Crippen LogP contribution in [0.4, 0.5) is 24.8 Å². The Morgan fingerprint density at radius 3 is 2.50 bits per heavy atom. The molecule has 0 bridgehead atoms. The largest absolute Gasteiger partial charge is 0.451 e. The molecule has 0 amide bonds. The Hall–Kier alpha value is -1.53. The maximum atomic E-state index is 12.4. The quantitative estimate of drug-likeness (QED) is 0.819. The van der Waals surface area contributed by atoms with Crippen molar-refractivity contribution >= 4 is 11.6 Å². The Labute approximate surface area is 90.1 Å². The molecule has 1 fully saturated rings. The highest BCUT2D eigenvalue weighted by Crippen LogP contribution is 2.38. The van der Waals surface area contributed by atoms with Gasteiger partial charge in [0.05, 0.1) is 0 Å². The lowest BCUT2D eigenvalue weighted by Crippen LogP contribution is -2.20. The van der Waals surface area contributed by atoms with Crippen LogP contribution >= 0.6 is 0 Å². The molecule has 2 rings (SSSR count). The first-order valence-electron chi connectivity index (χ1n) is 4.78. The molecule has 0 aliphatic heterocycles. The van der Waals surface area contributed by atoms with Crippen LogP contribution in [0.2, 0.25) is 0 Å². The van der Waals surface area contributed by atoms with Crippen molar-refractivity contribution in [2.75, 3.05) is 11.1 Å². The highest BCUT2D eigenvalue weighted by atomic mass is 19.4. The molecular weight excluding hydrogens is 221 g/mol. The molecule has 1 heterocycles. The van der Waals surface area contributed by atoms with Gasteiger partial charge >= 0.3 is 6.18 Å². The van der Waals surface area contributed by atoms with E-state index in [9.17, 15) is 13.2 Å². The van der Waals surface area contributed by atoms with Crippen molar-refractivity contribution in [2.45, 2.75) is 31.5 Å². The minimum absolute atomic E-state index is 0.125. The topological polar surface area (TPSA) is 63.8 Å². The Bertz CT molecular complexity index is 412. The third-order valence-electron chi connectivity index (χ3n) is 2.43. The van der Waals surface area contributed by atoms with Gasteiger partial charge in [-0.15, -0.1) is 0 Å². The van der Waals surface area contributed by atoms with Crippen LogP contribution < -0.4 is 11.1 Å². The van der Waals surface area contributed by atoms with Gasteiger partial charge in [0.15, 0.2) is 0 Å². The zero-order valence-electron chi connectivity index (χ0n) is 8.60. The molecule has 1 aromatic rings. The molecule has 1 aliphatic carbocycles. The molecule has 0 radical (unpaired) electrons. The van der Waals surface area contributed by atoms with E-state index in [1.165, 1.54) is 6.07 Å². The van der Waals surface area contributed by atoms with Crippen LogP contribution in [-0.2, 0) is 6.18 Å². The summed E-state index contributed by atoms with van der Waals surface area (Å²) in [4.78, 5) is 6.56. The Balaban J connectivity index is 2.29. The van der Waals surface area contributed by atoms with Gasteiger partial charge in [-0.2, -0.15) is 13.2 Å². The van der Waals surface area contributed by atoms with Gasteiger partial charge in [-0.25, -0.2) is 9.97 Å². The number of nitrogens with zero attached hydrogens (tertiary/aromatic N) is 2. The predicted molar refractivity (Wildman–Crippen MR) is 52.7 cm³/mol. The predicted octanol–water partition coefficient (Wildman–Crippen LogP) is 2.04. The van der Waals surface area contributed by atoms with Crippen molar-refractivity contribution in [1.29, 1.82) is 0 Å². The maximum Gasteiger partial charge on any atom is 0.451 e. The average molecular weight is 232 g/mol. The molecule has 7 heteroatoms. The van der Waals surface area contributed by atoms with Crippen LogP contribution in [0.15, 0.2) is 6.07 Å². The number of nitrogen functional groups attached to an aromatic ring is 1. The lowest BCUT2D eigenvalue weighted by atomic mass is 10.3. The summed E-state index contributed by atoms with van der Waals surface area (Å²) >= 11 is 0. The number of hydrogen-bond donors (Lipinski definition) is 2. The van der Waals surface area contributed by atoms with E-state index in [-0.39, 0.29) is 17.2 Å². The number of rotatable bonds is 2. The minimum Gasteiger partial charge on any atom is -0.384 e. The summed E-state index contributed by atoms with van der Waals surface area (Å²) in [5.74, 6) is -1.27. The molecule has 1 aromatic heterocycles. The molecule has 1 saturated carbocycles. The Kier molecular flexibility index (Phi) is 2.21. The normalized spacial score (nSPS) is 18.2. The minimum atomic E-state index is -4.57. The second kappa shape index (κ2) is 3.23. The fraction of sp³-hybridized carbons (Fsp3) is 0.556. The number of alkyl halides is 3. The van der Waals surface area contributed by atoms with Gasteiger partial charge in [0.1, 0.15) is 11.6 Å². The summed E-state index contributed by atoms with van der Waals surface area (Å²) in [6, 6.07) is 1.30. The molecule has 0 saturated heterocycles. The molecule has 3 N–H and O–H groups in total. The smallest absolute Gasteiger partial charge is 0.384 e. The average Bonchev–Trinajstić information content (AvgIpc) is 2.80. The first kappa shape index (κ1) is 11.0. The third-order valence-corrected chi connectivity index (χ3v) is 2.43. The highest BCUT2D eigenvalue weighted by Gasteiger charge is 2.39. The van der Waals surface area contributed by atoms with Gasteiger partial charge in [-0.1, -0.05) is 0 Å². The summed E-state index contributed by atoms with van der Waals surface area (Å²) < 4.78 is 37.2. The lowest BCUT2D eigenvalue weighted by Gasteiger charge is -2.14. The van der Waals surface area contributed by atoms with Gasteiger partial charge in [0.2, 0.25) is 5.82 Å². The van der Waals surface area contributed by atoms with Gasteiger partial charge in [0.25, 0.3) is 0 Å². The summed E-state index contributed by atoms with van der Waals surface area (Å²) in [5, 5.41) is 2.91. The second-order valence-electron chi connectivity index (χ2n) is 4.19. The first-order valence-corrected chi connectivity index (χ1v) is 4.78. The van der Waals surface area contributed by atoms with E-state index < -0.39 is 12.0 Å². The summed E-state index contributed by atoms with van der Waals surface area (Å²) in [7, 11) is 0. The molecule has 0 spiro atoms. The van der Waals surface area contributed by atoms with Crippen LogP contribution in [-0.4, -0.2) is 15.5 Å². The third kappa shape index (κ3) is 2.34. The van der Waals surface area contributed by atoms with Crippen molar-refractivity contribution in [3.8, 4) is 0 Å². The fourth-order valence-corrected chi connectivity index (χ4v) is 1.28. The zero-order chi connectivity index (χ0) is 12.0. The fourth-order valence-electron chi connectivity index (χ4n) is 1.28. The SMILES string of the molecule is CC1(Nc2cc(N)nc(C(F)(F)F)n2)CC1. The summed E-state index contributed by atoms with van der Waals surface area (Å²) in [5.41, 5.74) is 5.16. The van der Waals surface area contributed by atoms with Crippen LogP contribution in [0.1, 0.15) is 25.6 Å². The Morgan fingerprint density at radius 2 is 2.00 bits per heavy atom. The van der Waals surface area contributed by atoms with E-state index in [4.69, 9.17) is 5.73 Å². The number of nitrogens with one attached hydrogen (secondary N) is 1. The molecule has 0 atom stereocenters. The molecule has 16 heavy (non-hydrogen) atoms. The Morgan fingerprint density at radius 1 is 1.38 bits per heavy atom. The molecular formula is C9H11F3N4. The van der Waals surface area contributed by atoms with Crippen molar-refractivity contribution < 1.29 is 13.2 Å². The van der Waals surface area contributed by atoms with Crippen molar-refractivity contribution in [3.05, 3.63) is 11.9 Å². The van der Waals surface area contributed by atoms with Crippen molar-refractivity contribution in [2.24, 2.45) is 0 Å². The number of hydrogen-bond acceptors (Lipinski definition) is 4. The van der Waals surface area contributed by atoms with E-state index in [0.29, 0.717) is 0 Å². The van der Waals surface area contributed by atoms with Gasteiger partial charge in [-0.3, -0.25) is 0 Å². The molecule has 0 aromatic carbocycles. The van der Waals surface area contributed by atoms with E-state index in [0.717, 1.165) is 12.8 Å². The van der Waals surface area contributed by atoms with Gasteiger partial charge in [0, 0.05) is 11.6 Å². The van der Waals surface area contributed by atoms with Crippen molar-refractivity contribution in [1.82, 2.24) is 9.97 Å². The van der Waals surface area contributed by atoms with Crippen LogP contribution in [0.3, 0.4) is 0 Å². The van der Waals surface area contributed by atoms with E-state index >= 15 is 0 Å². The van der Waals surface area contributed by atoms with E-state index in [1.807, 2.05) is 6.92 Å². The van der Waals surface area contributed by atoms with Gasteiger partial charge < -0.3 is 11.1 Å². The van der Waals surface area contributed by atoms with E-state index in [1.54, 1.807) is 0 Å². The number of anilines is 2. The summed E-state index contributed by atoms with van der Waals surface area (Å²) in [6.07, 6.45) is -2.74. The zero-order valence-corrected chi connectivity index (χ0v) is 8.60. The van der Waals surface area contributed by atoms with Crippen LogP contribution in [0.25, 0.3) is 0 Å². The van der Waals surface area contributed by atoms with E-state index in [2.05, 4.69) is 15.3 Å². The number of aromatic nitrogens is 2. The lowest BCUT2D eigenvalue weighted by molar-refractivity contribution is -0.144. The van der Waals surface area contributed by atoms with Gasteiger partial charge in [-0.05, 0) is 19.8 Å². The number of halogens is 3. The highest BCUT2D eigenvalue weighted by molar-refractivity contribution is 5.47. The monoisotopic (exact) mass is 232 g/mol. The number of nitrogens with two attached hydrogens (primary N) is 1. The molecule has 0 unspecified atom stereocenters. The molecule has 4 nitrogen and oxygen atoms in total. The summed E-state index contributed by atoms with van der Waals surface area (Å²) in [6.45, 7) is 1.92.